The zero-order valence-corrected chi connectivity index (χ0v) is 10.6. The minimum Gasteiger partial charge on any atom is -0.218 e. The molecule has 0 N–H and O–H groups in total. The Kier molecular flexibility index (Phi) is 2.42. The van der Waals surface area contributed by atoms with Gasteiger partial charge in [0.2, 0.25) is 9.84 Å². The molecule has 1 heterocycles. The second-order valence-electron chi connectivity index (χ2n) is 3.87. The van der Waals surface area contributed by atoms with Crippen molar-refractivity contribution < 1.29 is 8.42 Å². The third kappa shape index (κ3) is 1.73. The number of fused-ring (bicyclic) bond motifs is 1. The quantitative estimate of drug-likeness (QED) is 0.833. The van der Waals surface area contributed by atoms with Gasteiger partial charge in [-0.2, -0.15) is 0 Å². The Morgan fingerprint density at radius 2 is 1.88 bits per heavy atom. The number of allylic oxidation sites excluding steroid dienone is 1. The van der Waals surface area contributed by atoms with Gasteiger partial charge >= 0.3 is 0 Å². The van der Waals surface area contributed by atoms with Gasteiger partial charge in [-0.15, -0.1) is 11.3 Å². The molecule has 86 valence electrons. The van der Waals surface area contributed by atoms with E-state index in [1.807, 2.05) is 12.1 Å². The minimum absolute atomic E-state index is 0.365. The Labute approximate surface area is 104 Å². The lowest BCUT2D eigenvalue weighted by Crippen LogP contribution is -1.98. The van der Waals surface area contributed by atoms with E-state index in [0.717, 1.165) is 16.9 Å². The molecular formula is C13H10O2S2. The lowest BCUT2D eigenvalue weighted by atomic mass is 10.3. The van der Waals surface area contributed by atoms with Crippen LogP contribution in [0.5, 0.6) is 0 Å². The van der Waals surface area contributed by atoms with Crippen LogP contribution < -0.4 is 0 Å². The molecule has 0 spiro atoms. The Morgan fingerprint density at radius 1 is 1.12 bits per heavy atom. The molecule has 0 saturated heterocycles. The van der Waals surface area contributed by atoms with Gasteiger partial charge in [-0.1, -0.05) is 30.4 Å². The van der Waals surface area contributed by atoms with E-state index in [0.29, 0.717) is 9.10 Å². The highest BCUT2D eigenvalue weighted by Gasteiger charge is 2.22. The number of hydrogen-bond donors (Lipinski definition) is 0. The third-order valence-electron chi connectivity index (χ3n) is 2.74. The molecule has 1 aromatic carbocycles. The molecule has 3 rings (SSSR count). The molecule has 1 aromatic heterocycles. The van der Waals surface area contributed by atoms with Gasteiger partial charge in [-0.25, -0.2) is 8.42 Å². The van der Waals surface area contributed by atoms with E-state index in [9.17, 15) is 8.42 Å². The maximum Gasteiger partial charge on any atom is 0.215 e. The number of sulfone groups is 1. The van der Waals surface area contributed by atoms with Crippen molar-refractivity contribution >= 4 is 27.3 Å². The summed E-state index contributed by atoms with van der Waals surface area (Å²) in [5.41, 5.74) is 1.05. The molecular weight excluding hydrogens is 252 g/mol. The highest BCUT2D eigenvalue weighted by atomic mass is 32.2. The molecule has 0 unspecified atom stereocenters. The smallest absolute Gasteiger partial charge is 0.215 e. The molecule has 0 fully saturated rings. The molecule has 2 aromatic rings. The molecule has 1 aliphatic carbocycles. The van der Waals surface area contributed by atoms with Crippen molar-refractivity contribution in [3.63, 3.8) is 0 Å². The molecule has 4 heteroatoms. The topological polar surface area (TPSA) is 34.1 Å². The second kappa shape index (κ2) is 3.82. The van der Waals surface area contributed by atoms with Crippen molar-refractivity contribution in [3.8, 4) is 0 Å². The molecule has 2 nitrogen and oxygen atoms in total. The maximum absolute atomic E-state index is 12.3. The Hall–Kier alpha value is -1.39. The van der Waals surface area contributed by atoms with Crippen LogP contribution in [0.3, 0.4) is 0 Å². The summed E-state index contributed by atoms with van der Waals surface area (Å²) in [5, 5.41) is 0. The normalized spacial score (nSPS) is 13.9. The minimum atomic E-state index is -3.33. The van der Waals surface area contributed by atoms with Crippen LogP contribution in [0.2, 0.25) is 0 Å². The van der Waals surface area contributed by atoms with Crippen molar-refractivity contribution in [3.05, 3.63) is 52.9 Å². The van der Waals surface area contributed by atoms with Gasteiger partial charge in [0.05, 0.1) is 4.90 Å². The zero-order chi connectivity index (χ0) is 11.9. The summed E-state index contributed by atoms with van der Waals surface area (Å²) in [5.74, 6) is 0. The van der Waals surface area contributed by atoms with Crippen LogP contribution in [0, 0.1) is 0 Å². The van der Waals surface area contributed by atoms with Crippen molar-refractivity contribution in [1.82, 2.24) is 0 Å². The average Bonchev–Trinajstić information content (AvgIpc) is 2.90. The van der Waals surface area contributed by atoms with E-state index < -0.39 is 9.84 Å². The molecule has 0 amide bonds. The fourth-order valence-corrected chi connectivity index (χ4v) is 4.77. The van der Waals surface area contributed by atoms with Gasteiger partial charge in [0.15, 0.2) is 0 Å². The van der Waals surface area contributed by atoms with E-state index in [2.05, 4.69) is 6.08 Å². The van der Waals surface area contributed by atoms with E-state index >= 15 is 0 Å². The summed E-state index contributed by atoms with van der Waals surface area (Å²) in [6.45, 7) is 0. The number of benzene rings is 1. The standard InChI is InChI=1S/C13H10O2S2/c14-17(15,11-6-2-1-3-7-11)13-9-10-5-4-8-12(10)16-13/h1-7,9H,8H2. The zero-order valence-electron chi connectivity index (χ0n) is 8.96. The summed E-state index contributed by atoms with van der Waals surface area (Å²) in [6.07, 6.45) is 4.89. The first-order valence-electron chi connectivity index (χ1n) is 5.27. The fraction of sp³-hybridized carbons (Fsp3) is 0.0769. The summed E-state index contributed by atoms with van der Waals surface area (Å²) in [7, 11) is -3.33. The largest absolute Gasteiger partial charge is 0.218 e. The van der Waals surface area contributed by atoms with Crippen LogP contribution in [-0.4, -0.2) is 8.42 Å². The van der Waals surface area contributed by atoms with Gasteiger partial charge in [0.1, 0.15) is 4.21 Å². The Balaban J connectivity index is 2.12. The van der Waals surface area contributed by atoms with Gasteiger partial charge in [-0.05, 0) is 23.8 Å². The van der Waals surface area contributed by atoms with Crippen LogP contribution in [0.25, 0.3) is 6.08 Å². The van der Waals surface area contributed by atoms with Gasteiger partial charge < -0.3 is 0 Å². The summed E-state index contributed by atoms with van der Waals surface area (Å²) in [4.78, 5) is 1.50. The second-order valence-corrected chi connectivity index (χ2v) is 7.18. The molecule has 0 bridgehead atoms. The van der Waals surface area contributed by atoms with E-state index in [1.54, 1.807) is 30.3 Å². The lowest BCUT2D eigenvalue weighted by Gasteiger charge is -2.00. The van der Waals surface area contributed by atoms with Crippen molar-refractivity contribution in [2.24, 2.45) is 0 Å². The number of thiophene rings is 1. The Morgan fingerprint density at radius 3 is 2.59 bits per heavy atom. The van der Waals surface area contributed by atoms with Gasteiger partial charge in [0.25, 0.3) is 0 Å². The third-order valence-corrected chi connectivity index (χ3v) is 6.15. The van der Waals surface area contributed by atoms with Crippen LogP contribution in [0.4, 0.5) is 0 Å². The van der Waals surface area contributed by atoms with Gasteiger partial charge in [-0.3, -0.25) is 0 Å². The maximum atomic E-state index is 12.3. The van der Waals surface area contributed by atoms with E-state index in [4.69, 9.17) is 0 Å². The molecule has 0 atom stereocenters. The summed E-state index contributed by atoms with van der Waals surface area (Å²) in [6, 6.07) is 10.3. The first-order chi connectivity index (χ1) is 8.18. The number of rotatable bonds is 2. The summed E-state index contributed by atoms with van der Waals surface area (Å²) < 4.78 is 25.1. The van der Waals surface area contributed by atoms with Gasteiger partial charge in [0, 0.05) is 11.3 Å². The molecule has 0 aliphatic heterocycles. The monoisotopic (exact) mass is 262 g/mol. The average molecular weight is 262 g/mol. The Bertz CT molecular complexity index is 679. The van der Waals surface area contributed by atoms with Crippen LogP contribution in [-0.2, 0) is 16.3 Å². The fourth-order valence-electron chi connectivity index (χ4n) is 1.86. The van der Waals surface area contributed by atoms with E-state index in [-0.39, 0.29) is 0 Å². The highest BCUT2D eigenvalue weighted by Crippen LogP contribution is 2.34. The predicted octanol–water partition coefficient (Wildman–Crippen LogP) is 3.15. The number of hydrogen-bond acceptors (Lipinski definition) is 3. The SMILES string of the molecule is O=S(=O)(c1ccccc1)c1cc2c(s1)CC=C2. The van der Waals surface area contributed by atoms with Crippen LogP contribution >= 0.6 is 11.3 Å². The van der Waals surface area contributed by atoms with Crippen LogP contribution in [0.1, 0.15) is 10.4 Å². The summed E-state index contributed by atoms with van der Waals surface area (Å²) >= 11 is 1.37. The van der Waals surface area contributed by atoms with Crippen LogP contribution in [0.15, 0.2) is 51.6 Å². The highest BCUT2D eigenvalue weighted by molar-refractivity contribution is 7.93. The first kappa shape index (κ1) is 10.7. The molecule has 0 radical (unpaired) electrons. The molecule has 0 saturated carbocycles. The van der Waals surface area contributed by atoms with E-state index in [1.165, 1.54) is 11.3 Å². The lowest BCUT2D eigenvalue weighted by molar-refractivity contribution is 0.598. The molecule has 17 heavy (non-hydrogen) atoms. The van der Waals surface area contributed by atoms with Crippen molar-refractivity contribution in [2.75, 3.05) is 0 Å². The molecule has 1 aliphatic rings. The van der Waals surface area contributed by atoms with Crippen molar-refractivity contribution in [2.45, 2.75) is 15.5 Å². The predicted molar refractivity (Wildman–Crippen MR) is 69.0 cm³/mol. The van der Waals surface area contributed by atoms with Crippen molar-refractivity contribution in [1.29, 1.82) is 0 Å². The first-order valence-corrected chi connectivity index (χ1v) is 7.57.